The molecule has 1 aliphatic rings. The van der Waals surface area contributed by atoms with E-state index in [-0.39, 0.29) is 18.6 Å². The molecule has 1 aromatic carbocycles. The molecule has 0 spiro atoms. The number of rotatable bonds is 6. The van der Waals surface area contributed by atoms with Gasteiger partial charge in [0.05, 0.1) is 31.3 Å². The average molecular weight is 302 g/mol. The molecule has 2 aromatic rings. The molecular weight excluding hydrogens is 284 g/mol. The number of carbonyl (C=O) groups excluding carboxylic acids is 1. The Kier molecular flexibility index (Phi) is 3.94. The minimum atomic E-state index is -0.289. The molecule has 0 saturated carbocycles. The van der Waals surface area contributed by atoms with Crippen LogP contribution in [0.1, 0.15) is 10.5 Å². The summed E-state index contributed by atoms with van der Waals surface area (Å²) in [5, 5.41) is 11.8. The number of aromatic amines is 1. The number of carbonyl (C=O) groups is 1. The Hall–Kier alpha value is -2.58. The van der Waals surface area contributed by atoms with Crippen molar-refractivity contribution >= 4 is 16.8 Å². The number of aromatic nitrogens is 2. The van der Waals surface area contributed by atoms with Gasteiger partial charge in [-0.1, -0.05) is 18.2 Å². The number of hydrazine groups is 1. The summed E-state index contributed by atoms with van der Waals surface area (Å²) >= 11 is 0. The van der Waals surface area contributed by atoms with Crippen LogP contribution in [0, 0.1) is 0 Å². The van der Waals surface area contributed by atoms with E-state index in [1.54, 1.807) is 6.20 Å². The number of nitrogens with one attached hydrogen (secondary N) is 2. The van der Waals surface area contributed by atoms with Gasteiger partial charge in [0.25, 0.3) is 5.91 Å². The number of nitrogens with zero attached hydrogens (tertiary/aromatic N) is 2. The predicted molar refractivity (Wildman–Crippen MR) is 81.3 cm³/mol. The van der Waals surface area contributed by atoms with Gasteiger partial charge in [-0.3, -0.25) is 9.89 Å². The zero-order valence-electron chi connectivity index (χ0n) is 12.0. The second-order valence-electron chi connectivity index (χ2n) is 5.16. The van der Waals surface area contributed by atoms with E-state index >= 15 is 0 Å². The molecule has 2 heterocycles. The number of H-pyrrole nitrogens is 1. The lowest BCUT2D eigenvalue weighted by Gasteiger charge is -2.13. The van der Waals surface area contributed by atoms with Crippen molar-refractivity contribution in [2.75, 3.05) is 19.7 Å². The van der Waals surface area contributed by atoms with Gasteiger partial charge in [-0.05, 0) is 6.07 Å². The molecule has 1 amide bonds. The van der Waals surface area contributed by atoms with Crippen LogP contribution in [-0.4, -0.2) is 46.9 Å². The molecule has 8 heteroatoms. The number of fused-ring (bicyclic) bond motifs is 1. The molecule has 1 fully saturated rings. The second-order valence-corrected chi connectivity index (χ2v) is 5.16. The standard InChI is InChI=1S/C14H18N6O2/c15-9(6-20(16)7-10-8-22-10)5-17-14(21)13-11-3-1-2-4-12(11)18-19-13/h1-4,6,10H,5,7-8,15-16H2,(H,17,21)(H,18,19)/b9-6-. The molecule has 8 nitrogen and oxygen atoms in total. The minimum Gasteiger partial charge on any atom is -0.399 e. The maximum Gasteiger partial charge on any atom is 0.272 e. The first-order valence-corrected chi connectivity index (χ1v) is 6.94. The van der Waals surface area contributed by atoms with Crippen molar-refractivity contribution in [1.82, 2.24) is 20.5 Å². The summed E-state index contributed by atoms with van der Waals surface area (Å²) in [5.41, 5.74) is 7.46. The van der Waals surface area contributed by atoms with Gasteiger partial charge in [-0.15, -0.1) is 0 Å². The summed E-state index contributed by atoms with van der Waals surface area (Å²) in [5.74, 6) is 5.47. The molecule has 0 radical (unpaired) electrons. The van der Waals surface area contributed by atoms with E-state index in [0.717, 1.165) is 17.5 Å². The number of amides is 1. The molecular formula is C14H18N6O2. The lowest BCUT2D eigenvalue weighted by Crippen LogP contribution is -2.33. The van der Waals surface area contributed by atoms with Gasteiger partial charge in [-0.25, -0.2) is 5.84 Å². The van der Waals surface area contributed by atoms with Crippen molar-refractivity contribution in [1.29, 1.82) is 0 Å². The van der Waals surface area contributed by atoms with Crippen LogP contribution in [-0.2, 0) is 4.74 Å². The molecule has 1 saturated heterocycles. The van der Waals surface area contributed by atoms with Crippen molar-refractivity contribution in [3.05, 3.63) is 41.9 Å². The first-order valence-electron chi connectivity index (χ1n) is 6.94. The van der Waals surface area contributed by atoms with Crippen molar-refractivity contribution in [3.8, 4) is 0 Å². The molecule has 116 valence electrons. The Morgan fingerprint density at radius 3 is 3.09 bits per heavy atom. The van der Waals surface area contributed by atoms with Gasteiger partial charge < -0.3 is 20.8 Å². The summed E-state index contributed by atoms with van der Waals surface area (Å²) in [4.78, 5) is 12.2. The highest BCUT2D eigenvalue weighted by atomic mass is 16.6. The van der Waals surface area contributed by atoms with E-state index in [2.05, 4.69) is 15.5 Å². The normalized spacial score (nSPS) is 17.5. The smallest absolute Gasteiger partial charge is 0.272 e. The lowest BCUT2D eigenvalue weighted by molar-refractivity contribution is 0.0953. The third-order valence-electron chi connectivity index (χ3n) is 3.29. The minimum absolute atomic E-state index is 0.180. The van der Waals surface area contributed by atoms with Crippen LogP contribution in [0.25, 0.3) is 10.9 Å². The maximum absolute atomic E-state index is 12.2. The van der Waals surface area contributed by atoms with Gasteiger partial charge in [0.15, 0.2) is 5.69 Å². The Bertz CT molecular complexity index is 706. The SMILES string of the molecule is N/C(=C\N(N)CC1CO1)CNC(=O)c1n[nH]c2ccccc12. The van der Waals surface area contributed by atoms with Gasteiger partial charge in [0, 0.05) is 17.3 Å². The summed E-state index contributed by atoms with van der Waals surface area (Å²) in [6.45, 7) is 1.50. The number of para-hydroxylation sites is 1. The predicted octanol–water partition coefficient (Wildman–Crippen LogP) is -0.333. The highest BCUT2D eigenvalue weighted by Gasteiger charge is 2.23. The Labute approximate surface area is 127 Å². The second kappa shape index (κ2) is 6.04. The van der Waals surface area contributed by atoms with E-state index in [1.165, 1.54) is 5.01 Å². The van der Waals surface area contributed by atoms with Gasteiger partial charge in [-0.2, -0.15) is 5.10 Å². The number of hydrogen-bond acceptors (Lipinski definition) is 6. The fraction of sp³-hybridized carbons (Fsp3) is 0.286. The van der Waals surface area contributed by atoms with Crippen LogP contribution in [0.5, 0.6) is 0 Å². The van der Waals surface area contributed by atoms with Gasteiger partial charge >= 0.3 is 0 Å². The number of ether oxygens (including phenoxy) is 1. The van der Waals surface area contributed by atoms with Crippen molar-refractivity contribution in [2.45, 2.75) is 6.10 Å². The van der Waals surface area contributed by atoms with Gasteiger partial charge in [0.1, 0.15) is 0 Å². The summed E-state index contributed by atoms with van der Waals surface area (Å²) in [6, 6.07) is 7.43. The number of nitrogens with two attached hydrogens (primary N) is 2. The first kappa shape index (κ1) is 14.4. The van der Waals surface area contributed by atoms with Gasteiger partial charge in [0.2, 0.25) is 0 Å². The van der Waals surface area contributed by atoms with Crippen molar-refractivity contribution in [3.63, 3.8) is 0 Å². The molecule has 1 unspecified atom stereocenters. The zero-order valence-corrected chi connectivity index (χ0v) is 12.0. The first-order chi connectivity index (χ1) is 10.6. The maximum atomic E-state index is 12.2. The number of benzene rings is 1. The monoisotopic (exact) mass is 302 g/mol. The average Bonchev–Trinajstić information content (AvgIpc) is 3.20. The molecule has 3 rings (SSSR count). The van der Waals surface area contributed by atoms with Crippen LogP contribution in [0.4, 0.5) is 0 Å². The third-order valence-corrected chi connectivity index (χ3v) is 3.29. The Morgan fingerprint density at radius 2 is 2.32 bits per heavy atom. The van der Waals surface area contributed by atoms with Crippen molar-refractivity contribution < 1.29 is 9.53 Å². The fourth-order valence-corrected chi connectivity index (χ4v) is 2.12. The Morgan fingerprint density at radius 1 is 1.55 bits per heavy atom. The highest BCUT2D eigenvalue weighted by molar-refractivity contribution is 6.04. The van der Waals surface area contributed by atoms with Crippen LogP contribution in [0.15, 0.2) is 36.2 Å². The van der Waals surface area contributed by atoms with E-state index in [4.69, 9.17) is 16.3 Å². The largest absolute Gasteiger partial charge is 0.399 e. The molecule has 0 bridgehead atoms. The van der Waals surface area contributed by atoms with Crippen LogP contribution < -0.4 is 16.9 Å². The lowest BCUT2D eigenvalue weighted by atomic mass is 10.2. The highest BCUT2D eigenvalue weighted by Crippen LogP contribution is 2.14. The summed E-state index contributed by atoms with van der Waals surface area (Å²) in [6.07, 6.45) is 1.77. The zero-order chi connectivity index (χ0) is 15.5. The number of epoxide rings is 1. The molecule has 0 aliphatic carbocycles. The topological polar surface area (TPSA) is 126 Å². The van der Waals surface area contributed by atoms with E-state index in [0.29, 0.717) is 17.9 Å². The fourth-order valence-electron chi connectivity index (χ4n) is 2.12. The number of hydrogen-bond donors (Lipinski definition) is 4. The summed E-state index contributed by atoms with van der Waals surface area (Å²) in [7, 11) is 0. The molecule has 1 aromatic heterocycles. The molecule has 1 aliphatic heterocycles. The van der Waals surface area contributed by atoms with Crippen molar-refractivity contribution in [2.24, 2.45) is 11.6 Å². The molecule has 1 atom stereocenters. The molecule has 22 heavy (non-hydrogen) atoms. The van der Waals surface area contributed by atoms with E-state index < -0.39 is 0 Å². The van der Waals surface area contributed by atoms with Crippen LogP contribution in [0.3, 0.4) is 0 Å². The third kappa shape index (κ3) is 3.35. The van der Waals surface area contributed by atoms with E-state index in [1.807, 2.05) is 24.3 Å². The quantitative estimate of drug-likeness (QED) is 0.329. The van der Waals surface area contributed by atoms with Crippen LogP contribution >= 0.6 is 0 Å². The summed E-state index contributed by atoms with van der Waals surface area (Å²) < 4.78 is 5.08. The Balaban J connectivity index is 1.58. The van der Waals surface area contributed by atoms with E-state index in [9.17, 15) is 4.79 Å². The molecule has 6 N–H and O–H groups in total. The van der Waals surface area contributed by atoms with Crippen LogP contribution in [0.2, 0.25) is 0 Å².